The largest absolute Gasteiger partial charge is 0.444 e. The van der Waals surface area contributed by atoms with E-state index in [0.717, 1.165) is 31.0 Å². The minimum Gasteiger partial charge on any atom is -0.444 e. The molecule has 2 heterocycles. The Morgan fingerprint density at radius 3 is 2.73 bits per heavy atom. The fraction of sp³-hybridized carbons (Fsp3) is 0.737. The summed E-state index contributed by atoms with van der Waals surface area (Å²) in [5, 5.41) is 3.21. The molecule has 7 heteroatoms. The van der Waals surface area contributed by atoms with Crippen LogP contribution in [0.25, 0.3) is 0 Å². The minimum atomic E-state index is -0.472. The Labute approximate surface area is 160 Å². The number of nitrogens with zero attached hydrogens (tertiary/aromatic N) is 3. The van der Waals surface area contributed by atoms with Gasteiger partial charge in [0.2, 0.25) is 5.28 Å². The number of rotatable bonds is 4. The van der Waals surface area contributed by atoms with Gasteiger partial charge in [0.05, 0.1) is 5.69 Å². The monoisotopic (exact) mass is 380 g/mol. The molecular weight excluding hydrogens is 352 g/mol. The van der Waals surface area contributed by atoms with Gasteiger partial charge in [0.1, 0.15) is 11.4 Å². The number of amides is 1. The lowest BCUT2D eigenvalue weighted by atomic mass is 10.0. The predicted molar refractivity (Wildman–Crippen MR) is 103 cm³/mol. The van der Waals surface area contributed by atoms with E-state index in [9.17, 15) is 4.79 Å². The summed E-state index contributed by atoms with van der Waals surface area (Å²) < 4.78 is 5.30. The number of halogens is 1. The molecule has 6 nitrogen and oxygen atoms in total. The first-order valence-electron chi connectivity index (χ1n) is 9.56. The van der Waals surface area contributed by atoms with E-state index < -0.39 is 5.60 Å². The summed E-state index contributed by atoms with van der Waals surface area (Å²) in [6, 6.07) is 2.10. The Morgan fingerprint density at radius 1 is 1.31 bits per heavy atom. The van der Waals surface area contributed by atoms with Crippen LogP contribution >= 0.6 is 11.6 Å². The number of nitrogens with one attached hydrogen (secondary N) is 1. The molecule has 3 rings (SSSR count). The van der Waals surface area contributed by atoms with Gasteiger partial charge in [0, 0.05) is 31.6 Å². The second kappa shape index (κ2) is 7.99. The van der Waals surface area contributed by atoms with Crippen LogP contribution in [0, 0.1) is 5.92 Å². The van der Waals surface area contributed by atoms with E-state index in [0.29, 0.717) is 23.7 Å². The molecule has 1 saturated carbocycles. The highest BCUT2D eigenvalue weighted by Crippen LogP contribution is 2.35. The molecule has 1 atom stereocenters. The van der Waals surface area contributed by atoms with Gasteiger partial charge in [0.15, 0.2) is 0 Å². The molecule has 1 aromatic heterocycles. The quantitative estimate of drug-likeness (QED) is 0.795. The normalized spacial score (nSPS) is 21.2. The standard InChI is InChI=1S/C19H29ClN4O2/c1-19(2,3)26-18(25)21-11-13-8-9-24(12-13)16-10-15(22-17(20)23-16)14-6-4-5-7-14/h10,13-14H,4-9,11-12H2,1-3H3,(H,21,25). The molecule has 0 bridgehead atoms. The third-order valence-electron chi connectivity index (χ3n) is 5.02. The molecule has 1 aliphatic carbocycles. The van der Waals surface area contributed by atoms with Crippen molar-refractivity contribution in [3.8, 4) is 0 Å². The van der Waals surface area contributed by atoms with Gasteiger partial charge in [-0.1, -0.05) is 12.8 Å². The molecule has 0 aromatic carbocycles. The first-order chi connectivity index (χ1) is 12.3. The lowest BCUT2D eigenvalue weighted by Crippen LogP contribution is -2.36. The number of aromatic nitrogens is 2. The van der Waals surface area contributed by atoms with Crippen LogP contribution in [0.4, 0.5) is 10.6 Å². The zero-order valence-electron chi connectivity index (χ0n) is 15.9. The Bertz CT molecular complexity index is 641. The molecule has 0 spiro atoms. The van der Waals surface area contributed by atoms with Gasteiger partial charge in [0.25, 0.3) is 0 Å². The van der Waals surface area contributed by atoms with Crippen molar-refractivity contribution in [2.24, 2.45) is 5.92 Å². The predicted octanol–water partition coefficient (Wildman–Crippen LogP) is 4.14. The third kappa shape index (κ3) is 5.22. The third-order valence-corrected chi connectivity index (χ3v) is 5.19. The van der Waals surface area contributed by atoms with Gasteiger partial charge < -0.3 is 15.0 Å². The number of carbonyl (C=O) groups excluding carboxylic acids is 1. The van der Waals surface area contributed by atoms with E-state index in [1.54, 1.807) is 0 Å². The van der Waals surface area contributed by atoms with Crippen molar-refractivity contribution in [2.75, 3.05) is 24.5 Å². The highest BCUT2D eigenvalue weighted by atomic mass is 35.5. The van der Waals surface area contributed by atoms with E-state index in [1.165, 1.54) is 25.7 Å². The molecule has 2 fully saturated rings. The summed E-state index contributed by atoms with van der Waals surface area (Å²) in [5.74, 6) is 1.80. The smallest absolute Gasteiger partial charge is 0.407 e. The van der Waals surface area contributed by atoms with Gasteiger partial charge in [-0.05, 0) is 57.6 Å². The SMILES string of the molecule is CC(C)(C)OC(=O)NCC1CCN(c2cc(C3CCCC3)nc(Cl)n2)C1. The van der Waals surface area contributed by atoms with Gasteiger partial charge in [-0.2, -0.15) is 0 Å². The van der Waals surface area contributed by atoms with E-state index in [1.807, 2.05) is 20.8 Å². The van der Waals surface area contributed by atoms with Crippen LogP contribution in [-0.4, -0.2) is 41.3 Å². The maximum atomic E-state index is 11.8. The van der Waals surface area contributed by atoms with Crippen molar-refractivity contribution in [3.05, 3.63) is 17.0 Å². The van der Waals surface area contributed by atoms with Crippen molar-refractivity contribution >= 4 is 23.5 Å². The van der Waals surface area contributed by atoms with Crippen molar-refractivity contribution in [1.82, 2.24) is 15.3 Å². The Balaban J connectivity index is 1.56. The van der Waals surface area contributed by atoms with Crippen LogP contribution in [0.15, 0.2) is 6.07 Å². The van der Waals surface area contributed by atoms with E-state index in [2.05, 4.69) is 26.3 Å². The van der Waals surface area contributed by atoms with Gasteiger partial charge in [-0.15, -0.1) is 0 Å². The summed E-state index contributed by atoms with van der Waals surface area (Å²) in [7, 11) is 0. The summed E-state index contributed by atoms with van der Waals surface area (Å²) in [6.45, 7) is 7.98. The summed E-state index contributed by atoms with van der Waals surface area (Å²) >= 11 is 6.19. The summed E-state index contributed by atoms with van der Waals surface area (Å²) in [6.07, 6.45) is 5.57. The minimum absolute atomic E-state index is 0.333. The van der Waals surface area contributed by atoms with Crippen LogP contribution < -0.4 is 10.2 Å². The molecule has 1 aromatic rings. The summed E-state index contributed by atoms with van der Waals surface area (Å²) in [5.41, 5.74) is 0.605. The van der Waals surface area contributed by atoms with Crippen molar-refractivity contribution in [1.29, 1.82) is 0 Å². The maximum absolute atomic E-state index is 11.8. The summed E-state index contributed by atoms with van der Waals surface area (Å²) in [4.78, 5) is 22.9. The van der Waals surface area contributed by atoms with Crippen LogP contribution in [0.5, 0.6) is 0 Å². The average molecular weight is 381 g/mol. The maximum Gasteiger partial charge on any atom is 0.407 e. The van der Waals surface area contributed by atoms with E-state index in [-0.39, 0.29) is 6.09 Å². The van der Waals surface area contributed by atoms with Crippen LogP contribution in [0.1, 0.15) is 64.5 Å². The first-order valence-corrected chi connectivity index (χ1v) is 9.94. The van der Waals surface area contributed by atoms with Crippen LogP contribution in [0.3, 0.4) is 0 Å². The van der Waals surface area contributed by atoms with Crippen LogP contribution in [0.2, 0.25) is 5.28 Å². The zero-order valence-corrected chi connectivity index (χ0v) is 16.7. The van der Waals surface area contributed by atoms with Gasteiger partial charge in [-0.3, -0.25) is 0 Å². The number of hydrogen-bond donors (Lipinski definition) is 1. The Hall–Kier alpha value is -1.56. The molecule has 1 unspecified atom stereocenters. The second-order valence-electron chi connectivity index (χ2n) is 8.38. The van der Waals surface area contributed by atoms with Gasteiger partial charge in [-0.25, -0.2) is 14.8 Å². The second-order valence-corrected chi connectivity index (χ2v) is 8.72. The highest BCUT2D eigenvalue weighted by Gasteiger charge is 2.27. The lowest BCUT2D eigenvalue weighted by molar-refractivity contribution is 0.0520. The van der Waals surface area contributed by atoms with Crippen molar-refractivity contribution in [2.45, 2.75) is 64.4 Å². The first kappa shape index (κ1) is 19.2. The van der Waals surface area contributed by atoms with Gasteiger partial charge >= 0.3 is 6.09 Å². The Morgan fingerprint density at radius 2 is 2.04 bits per heavy atom. The number of anilines is 1. The van der Waals surface area contributed by atoms with E-state index in [4.69, 9.17) is 16.3 Å². The molecule has 2 aliphatic rings. The van der Waals surface area contributed by atoms with E-state index >= 15 is 0 Å². The van der Waals surface area contributed by atoms with Crippen LogP contribution in [-0.2, 0) is 4.74 Å². The fourth-order valence-electron chi connectivity index (χ4n) is 3.76. The molecule has 1 aliphatic heterocycles. The topological polar surface area (TPSA) is 67.3 Å². The molecule has 1 N–H and O–H groups in total. The molecular formula is C19H29ClN4O2. The number of hydrogen-bond acceptors (Lipinski definition) is 5. The lowest BCUT2D eigenvalue weighted by Gasteiger charge is -2.21. The molecule has 144 valence electrons. The molecule has 0 radical (unpaired) electrons. The van der Waals surface area contributed by atoms with Crippen molar-refractivity contribution < 1.29 is 9.53 Å². The number of carbonyl (C=O) groups is 1. The molecule has 1 amide bonds. The zero-order chi connectivity index (χ0) is 18.7. The number of ether oxygens (including phenoxy) is 1. The number of alkyl carbamates (subject to hydrolysis) is 1. The highest BCUT2D eigenvalue weighted by molar-refractivity contribution is 6.28. The van der Waals surface area contributed by atoms with Crippen molar-refractivity contribution in [3.63, 3.8) is 0 Å². The molecule has 26 heavy (non-hydrogen) atoms. The fourth-order valence-corrected chi connectivity index (χ4v) is 3.95. The average Bonchev–Trinajstić information content (AvgIpc) is 3.22. The Kier molecular flexibility index (Phi) is 5.90. The molecule has 1 saturated heterocycles.